The normalized spacial score (nSPS) is 12.7. The van der Waals surface area contributed by atoms with Crippen LogP contribution in [-0.2, 0) is 11.3 Å². The fourth-order valence-corrected chi connectivity index (χ4v) is 2.88. The molecule has 0 bridgehead atoms. The predicted molar refractivity (Wildman–Crippen MR) is 97.9 cm³/mol. The molecule has 0 radical (unpaired) electrons. The van der Waals surface area contributed by atoms with E-state index in [9.17, 15) is 24.5 Å². The van der Waals surface area contributed by atoms with Gasteiger partial charge in [-0.1, -0.05) is 12.1 Å². The molecule has 0 N–H and O–H groups in total. The van der Waals surface area contributed by atoms with Gasteiger partial charge in [0.1, 0.15) is 12.3 Å². The maximum absolute atomic E-state index is 12.5. The van der Waals surface area contributed by atoms with Crippen LogP contribution in [0.15, 0.2) is 42.5 Å². The number of likely N-dealkylation sites (N-methyl/N-ethyl adjacent to an activating group) is 1. The van der Waals surface area contributed by atoms with Crippen LogP contribution >= 0.6 is 0 Å². The minimum atomic E-state index is -0.713. The van der Waals surface area contributed by atoms with Gasteiger partial charge < -0.3 is 9.64 Å². The molecule has 3 rings (SSSR count). The number of non-ortho nitro benzene ring substituents is 1. The number of nitrogens with zero attached hydrogens (tertiary/aromatic N) is 3. The average Bonchev–Trinajstić information content (AvgIpc) is 2.92. The average molecular weight is 383 g/mol. The zero-order valence-electron chi connectivity index (χ0n) is 15.2. The number of carbonyl (C=O) groups is 3. The van der Waals surface area contributed by atoms with E-state index in [1.165, 1.54) is 11.0 Å². The highest BCUT2D eigenvalue weighted by Crippen LogP contribution is 2.26. The summed E-state index contributed by atoms with van der Waals surface area (Å²) in [6, 6.07) is 10.6. The maximum atomic E-state index is 12.5. The molecule has 0 saturated heterocycles. The van der Waals surface area contributed by atoms with Gasteiger partial charge in [-0.25, -0.2) is 0 Å². The first-order valence-corrected chi connectivity index (χ1v) is 8.33. The van der Waals surface area contributed by atoms with Crippen LogP contribution in [0.25, 0.3) is 0 Å². The lowest BCUT2D eigenvalue weighted by Gasteiger charge is -2.21. The van der Waals surface area contributed by atoms with Crippen molar-refractivity contribution in [3.05, 3.63) is 69.3 Å². The van der Waals surface area contributed by atoms with Crippen LogP contribution in [0.3, 0.4) is 0 Å². The standard InChI is InChI=1S/C19H17N3O6/c1-20(10-12-3-6-14(28-2)7-4-12)17(23)11-21-18(24)15-8-5-13(22(26)27)9-16(15)19(21)25/h3-9H,10-11H2,1-2H3. The van der Waals surface area contributed by atoms with Crippen LogP contribution in [0.5, 0.6) is 5.75 Å². The highest BCUT2D eigenvalue weighted by atomic mass is 16.6. The second-order valence-electron chi connectivity index (χ2n) is 6.28. The SMILES string of the molecule is COc1ccc(CN(C)C(=O)CN2C(=O)c3ccc([N+](=O)[O-])cc3C2=O)cc1. The van der Waals surface area contributed by atoms with Gasteiger partial charge in [0.25, 0.3) is 17.5 Å². The van der Waals surface area contributed by atoms with Crippen LogP contribution in [0.1, 0.15) is 26.3 Å². The van der Waals surface area contributed by atoms with Crippen LogP contribution in [0.2, 0.25) is 0 Å². The van der Waals surface area contributed by atoms with Gasteiger partial charge in [-0.3, -0.25) is 29.4 Å². The number of rotatable bonds is 6. The Labute approximate surface area is 160 Å². The molecule has 0 atom stereocenters. The molecule has 0 unspecified atom stereocenters. The lowest BCUT2D eigenvalue weighted by molar-refractivity contribution is -0.384. The Bertz CT molecular complexity index is 970. The zero-order valence-corrected chi connectivity index (χ0v) is 15.2. The van der Waals surface area contributed by atoms with Gasteiger partial charge in [0.2, 0.25) is 5.91 Å². The molecule has 1 aliphatic heterocycles. The summed E-state index contributed by atoms with van der Waals surface area (Å²) in [5.74, 6) is -1.09. The predicted octanol–water partition coefficient (Wildman–Crippen LogP) is 1.86. The first-order valence-electron chi connectivity index (χ1n) is 8.33. The molecule has 0 fully saturated rings. The van der Waals surface area contributed by atoms with Crippen molar-refractivity contribution in [2.75, 3.05) is 20.7 Å². The number of hydrogen-bond donors (Lipinski definition) is 0. The molecule has 9 nitrogen and oxygen atoms in total. The Balaban J connectivity index is 1.70. The Morgan fingerprint density at radius 3 is 2.36 bits per heavy atom. The van der Waals surface area contributed by atoms with Crippen molar-refractivity contribution >= 4 is 23.4 Å². The molecule has 0 spiro atoms. The topological polar surface area (TPSA) is 110 Å². The fraction of sp³-hybridized carbons (Fsp3) is 0.211. The zero-order chi connectivity index (χ0) is 20.4. The molecule has 1 aliphatic rings. The number of carbonyl (C=O) groups excluding carboxylic acids is 3. The third-order valence-corrected chi connectivity index (χ3v) is 4.46. The van der Waals surface area contributed by atoms with E-state index in [0.717, 1.165) is 22.6 Å². The summed E-state index contributed by atoms with van der Waals surface area (Å²) in [7, 11) is 3.12. The third-order valence-electron chi connectivity index (χ3n) is 4.46. The van der Waals surface area contributed by atoms with Gasteiger partial charge in [0.05, 0.1) is 23.2 Å². The fourth-order valence-electron chi connectivity index (χ4n) is 2.88. The van der Waals surface area contributed by atoms with E-state index in [1.54, 1.807) is 26.3 Å². The van der Waals surface area contributed by atoms with Crippen LogP contribution < -0.4 is 4.74 Å². The Morgan fingerprint density at radius 1 is 1.11 bits per heavy atom. The van der Waals surface area contributed by atoms with Gasteiger partial charge in [-0.05, 0) is 23.8 Å². The number of fused-ring (bicyclic) bond motifs is 1. The van der Waals surface area contributed by atoms with Gasteiger partial charge in [0, 0.05) is 25.7 Å². The van der Waals surface area contributed by atoms with Gasteiger partial charge in [-0.15, -0.1) is 0 Å². The largest absolute Gasteiger partial charge is 0.497 e. The third kappa shape index (κ3) is 3.54. The van der Waals surface area contributed by atoms with E-state index in [1.807, 2.05) is 12.1 Å². The monoisotopic (exact) mass is 383 g/mol. The van der Waals surface area contributed by atoms with Gasteiger partial charge in [0.15, 0.2) is 0 Å². The van der Waals surface area contributed by atoms with Gasteiger partial charge >= 0.3 is 0 Å². The van der Waals surface area contributed by atoms with Crippen molar-refractivity contribution < 1.29 is 24.0 Å². The molecular formula is C19H17N3O6. The highest BCUT2D eigenvalue weighted by molar-refractivity contribution is 6.22. The van der Waals surface area contributed by atoms with Crippen LogP contribution in [0, 0.1) is 10.1 Å². The van der Waals surface area contributed by atoms with Crippen molar-refractivity contribution in [3.8, 4) is 5.75 Å². The second kappa shape index (κ2) is 7.47. The molecule has 28 heavy (non-hydrogen) atoms. The summed E-state index contributed by atoms with van der Waals surface area (Å²) in [6.07, 6.45) is 0. The summed E-state index contributed by atoms with van der Waals surface area (Å²) < 4.78 is 5.08. The van der Waals surface area contributed by atoms with E-state index in [0.29, 0.717) is 5.75 Å². The van der Waals surface area contributed by atoms with Crippen molar-refractivity contribution in [2.24, 2.45) is 0 Å². The molecule has 144 valence electrons. The second-order valence-corrected chi connectivity index (χ2v) is 6.28. The Kier molecular flexibility index (Phi) is 5.08. The molecule has 3 amide bonds. The molecule has 0 saturated carbocycles. The van der Waals surface area contributed by atoms with E-state index in [2.05, 4.69) is 0 Å². The number of nitro benzene ring substituents is 1. The molecule has 2 aromatic rings. The smallest absolute Gasteiger partial charge is 0.270 e. The van der Waals surface area contributed by atoms with E-state index in [-0.39, 0.29) is 23.4 Å². The van der Waals surface area contributed by atoms with E-state index in [4.69, 9.17) is 4.74 Å². The van der Waals surface area contributed by atoms with Crippen molar-refractivity contribution in [1.29, 1.82) is 0 Å². The minimum Gasteiger partial charge on any atom is -0.497 e. The molecule has 1 heterocycles. The number of nitro groups is 1. The lowest BCUT2D eigenvalue weighted by atomic mass is 10.1. The number of ether oxygens (including phenoxy) is 1. The van der Waals surface area contributed by atoms with Gasteiger partial charge in [-0.2, -0.15) is 0 Å². The minimum absolute atomic E-state index is 0.0567. The highest BCUT2D eigenvalue weighted by Gasteiger charge is 2.38. The molecule has 2 aromatic carbocycles. The van der Waals surface area contributed by atoms with Crippen LogP contribution in [0.4, 0.5) is 5.69 Å². The summed E-state index contributed by atoms with van der Waals surface area (Å²) in [6.45, 7) is -0.149. The number of imide groups is 1. The molecule has 9 heteroatoms. The number of amides is 3. The molecular weight excluding hydrogens is 366 g/mol. The quantitative estimate of drug-likeness (QED) is 0.428. The van der Waals surface area contributed by atoms with Crippen molar-refractivity contribution in [1.82, 2.24) is 9.80 Å². The molecule has 0 aromatic heterocycles. The summed E-state index contributed by atoms with van der Waals surface area (Å²) in [4.78, 5) is 49.8. The summed E-state index contributed by atoms with van der Waals surface area (Å²) in [5.41, 5.74) is 0.561. The Hall–Kier alpha value is -3.75. The Morgan fingerprint density at radius 2 is 1.75 bits per heavy atom. The summed E-state index contributed by atoms with van der Waals surface area (Å²) >= 11 is 0. The van der Waals surface area contributed by atoms with E-state index < -0.39 is 29.2 Å². The maximum Gasteiger partial charge on any atom is 0.270 e. The molecule has 0 aliphatic carbocycles. The first-order chi connectivity index (χ1) is 13.3. The van der Waals surface area contributed by atoms with E-state index >= 15 is 0 Å². The van der Waals surface area contributed by atoms with Crippen molar-refractivity contribution in [3.63, 3.8) is 0 Å². The van der Waals surface area contributed by atoms with Crippen molar-refractivity contribution in [2.45, 2.75) is 6.54 Å². The number of hydrogen-bond acceptors (Lipinski definition) is 6. The van der Waals surface area contributed by atoms with Crippen LogP contribution in [-0.4, -0.2) is 53.1 Å². The first kappa shape index (κ1) is 19.0. The number of methoxy groups -OCH3 is 1. The lowest BCUT2D eigenvalue weighted by Crippen LogP contribution is -2.40. The summed E-state index contributed by atoms with van der Waals surface area (Å²) in [5, 5.41) is 10.9. The number of benzene rings is 2.